The van der Waals surface area contributed by atoms with Gasteiger partial charge in [0.05, 0.1) is 18.8 Å². The van der Waals surface area contributed by atoms with Crippen molar-refractivity contribution in [3.05, 3.63) is 59.9 Å². The number of carbonyl (C=O) groups excluding carboxylic acids is 5. The van der Waals surface area contributed by atoms with Crippen molar-refractivity contribution in [2.75, 3.05) is 67.3 Å². The summed E-state index contributed by atoms with van der Waals surface area (Å²) in [4.78, 5) is 102. The van der Waals surface area contributed by atoms with Crippen molar-refractivity contribution in [2.45, 2.75) is 257 Å². The van der Waals surface area contributed by atoms with Crippen molar-refractivity contribution in [3.63, 3.8) is 0 Å². The number of esters is 1. The molecule has 4 amide bonds. The van der Waals surface area contributed by atoms with Crippen LogP contribution in [0.1, 0.15) is 196 Å². The fourth-order valence-electron chi connectivity index (χ4n) is 8.65. The van der Waals surface area contributed by atoms with Crippen molar-refractivity contribution in [1.29, 1.82) is 0 Å². The van der Waals surface area contributed by atoms with E-state index in [1.807, 2.05) is 9.36 Å². The first-order valence-corrected chi connectivity index (χ1v) is 34.2. The van der Waals surface area contributed by atoms with Gasteiger partial charge in [-0.05, 0) is 193 Å². The van der Waals surface area contributed by atoms with Gasteiger partial charge >= 0.3 is 30.3 Å². The number of nitrogen functional groups attached to an aromatic ring is 3. The van der Waals surface area contributed by atoms with Crippen molar-refractivity contribution in [3.8, 4) is 0 Å². The Morgan fingerprint density at radius 3 is 1.21 bits per heavy atom. The Hall–Kier alpha value is -6.65. The van der Waals surface area contributed by atoms with E-state index < -0.39 is 52.7 Å². The van der Waals surface area contributed by atoms with Gasteiger partial charge < -0.3 is 45.6 Å². The zero-order chi connectivity index (χ0) is 71.6. The number of fused-ring (bicyclic) bond motifs is 3. The molecule has 0 atom stereocenters. The quantitative estimate of drug-likeness (QED) is 0.0127. The van der Waals surface area contributed by atoms with E-state index in [9.17, 15) is 43.3 Å². The van der Waals surface area contributed by atoms with Crippen LogP contribution in [0.4, 0.5) is 42.3 Å². The summed E-state index contributed by atoms with van der Waals surface area (Å²) in [7, 11) is 0. The highest BCUT2D eigenvalue weighted by Crippen LogP contribution is 2.22. The van der Waals surface area contributed by atoms with Crippen molar-refractivity contribution in [2.24, 2.45) is 5.18 Å². The predicted molar refractivity (Wildman–Crippen MR) is 399 cm³/mol. The minimum absolute atomic E-state index is 0. The Labute approximate surface area is 606 Å². The van der Waals surface area contributed by atoms with Crippen LogP contribution in [-0.2, 0) is 72.5 Å². The normalized spacial score (nSPS) is 14.1. The molecule has 2 saturated heterocycles. The van der Waals surface area contributed by atoms with Gasteiger partial charge in [0.15, 0.2) is 11.6 Å². The highest BCUT2D eigenvalue weighted by Gasteiger charge is 2.35. The molecule has 2 fully saturated rings. The Morgan fingerprint density at radius 1 is 0.551 bits per heavy atom. The van der Waals surface area contributed by atoms with Crippen LogP contribution in [0.15, 0.2) is 38.0 Å². The molecule has 0 bridgehead atoms. The van der Waals surface area contributed by atoms with E-state index in [0.29, 0.717) is 56.6 Å². The first-order chi connectivity index (χ1) is 43.9. The number of nitrogens with one attached hydrogen (secondary N) is 4. The smallest absolute Gasteiger partial charge is 0.429 e. The van der Waals surface area contributed by atoms with Crippen LogP contribution in [0.3, 0.4) is 0 Å². The lowest BCUT2D eigenvalue weighted by molar-refractivity contribution is -0.142. The third-order valence-corrected chi connectivity index (χ3v) is 13.9. The molecular formula is C63H121BBr2ClN16O15. The summed E-state index contributed by atoms with van der Waals surface area (Å²) in [6.07, 6.45) is 10.8. The number of unbranched alkanes of at least 4 members (excludes halogenated alkanes) is 1. The average molecular weight is 1550 g/mol. The van der Waals surface area contributed by atoms with E-state index in [1.54, 1.807) is 118 Å². The number of halogens is 3. The minimum atomic E-state index is -0.738. The third kappa shape index (κ3) is 38.1. The van der Waals surface area contributed by atoms with Crippen LogP contribution in [0.5, 0.6) is 0 Å². The molecule has 5 aliphatic heterocycles. The molecule has 35 heteroatoms. The fourth-order valence-corrected chi connectivity index (χ4v) is 9.44. The molecule has 98 heavy (non-hydrogen) atoms. The summed E-state index contributed by atoms with van der Waals surface area (Å²) in [5, 5.41) is 7.59. The maximum atomic E-state index is 12.1. The van der Waals surface area contributed by atoms with Crippen LogP contribution in [0, 0.1) is 11.8 Å². The number of alkyl halides is 2. The first kappa shape index (κ1) is 97.7. The maximum Gasteiger partial charge on any atom is 0.429 e. The molecule has 0 aliphatic carbocycles. The second-order valence-corrected chi connectivity index (χ2v) is 27.2. The topological polar surface area (TPSA) is 384 Å². The molecule has 31 nitrogen and oxygen atoms in total. The molecule has 3 radical (unpaired) electrons. The number of rotatable bonds is 8. The number of carbonyl (C=O) groups is 5. The molecule has 567 valence electrons. The van der Waals surface area contributed by atoms with Crippen LogP contribution in [-0.4, -0.2) is 149 Å². The Bertz CT molecular complexity index is 2940. The van der Waals surface area contributed by atoms with Crippen molar-refractivity contribution in [1.82, 2.24) is 59.8 Å². The number of nitrogens with zero attached hydrogens (tertiary/aromatic N) is 9. The van der Waals surface area contributed by atoms with E-state index in [4.69, 9.17) is 40.9 Å². The first-order valence-electron chi connectivity index (χ1n) is 32.0. The molecule has 0 saturated carbocycles. The summed E-state index contributed by atoms with van der Waals surface area (Å²) in [6, 6.07) is 1.49. The van der Waals surface area contributed by atoms with Crippen LogP contribution in [0.2, 0.25) is 0 Å². The molecule has 3 aromatic heterocycles. The van der Waals surface area contributed by atoms with Gasteiger partial charge in [0.1, 0.15) is 34.0 Å². The fraction of sp³-hybridized carbons (Fsp3) is 0.746. The largest absolute Gasteiger partial charge is 0.487 e. The van der Waals surface area contributed by atoms with Crippen LogP contribution < -0.4 is 55.6 Å². The molecule has 5 aliphatic rings. The number of ether oxygens (including phenoxy) is 6. The molecule has 0 unspecified atom stereocenters. The minimum Gasteiger partial charge on any atom is -0.487 e. The Kier molecular flexibility index (Phi) is 48.9. The summed E-state index contributed by atoms with van der Waals surface area (Å²) in [6.45, 7) is 38.5. The molecule has 8 heterocycles. The zero-order valence-corrected chi connectivity index (χ0v) is 63.3. The Balaban J connectivity index is -0.000000345. The highest BCUT2D eigenvalue weighted by atomic mass is 79.9. The molecular weight excluding hydrogens is 1430 g/mol. The van der Waals surface area contributed by atoms with E-state index >= 15 is 0 Å². The number of hydrazine groups is 3. The number of anilines is 3. The average Bonchev–Trinajstić information content (AvgIpc) is 1.68. The summed E-state index contributed by atoms with van der Waals surface area (Å²) in [5.74, 6) is 1.02. The van der Waals surface area contributed by atoms with Gasteiger partial charge in [-0.25, -0.2) is 58.9 Å². The van der Waals surface area contributed by atoms with Crippen LogP contribution >= 0.6 is 44.3 Å². The zero-order valence-electron chi connectivity index (χ0n) is 59.3. The van der Waals surface area contributed by atoms with Gasteiger partial charge in [-0.1, -0.05) is 46.7 Å². The predicted octanol–water partition coefficient (Wildman–Crippen LogP) is 11.0. The van der Waals surface area contributed by atoms with Gasteiger partial charge in [-0.3, -0.25) is 39.3 Å². The Morgan fingerprint density at radius 2 is 0.898 bits per heavy atom. The SMILES string of the molecule is BrCCCCBr.C.C.C1CCNNC1.C=C(OCC)C(=O)OCC.CC(C)(C)OC(=O)N1CCCCN1C(=O)OC(C)(C)C.CC(C)(C)OC(=O)NNC(=O)OC(C)(C)C.Cc1c(N)n2n(c1=O)CCCC2.Cl.Nc1c(N=O)c(=O)n2n1CCCC2.Nc1cc(=O)n2n1CCCC2.[2HH].[B]. The monoisotopic (exact) mass is 1550 g/mol. The summed E-state index contributed by atoms with van der Waals surface area (Å²) >= 11 is 6.66. The van der Waals surface area contributed by atoms with Gasteiger partial charge in [-0.2, -0.15) is 0 Å². The van der Waals surface area contributed by atoms with Gasteiger partial charge in [-0.15, -0.1) is 17.3 Å². The second kappa shape index (κ2) is 49.0. The summed E-state index contributed by atoms with van der Waals surface area (Å²) in [5.41, 5.74) is 25.1. The standard InChI is InChI=1S/C14H26N2O4.C10H20N2O4.C8H13N3O.C7H10N4O2.C7H11N3O.C7H12O3.C4H8Br2.C4H10N2.2CH4.B.ClH.H2/c1-13(2,3)19-11(17)15-9-7-8-10-16(15)12(18)20-14(4,5)6;1-9(2,3)15-7(13)11-12-8(14)16-10(4,5)6;1-6-7(9)10-4-2-3-5-11(10)8(6)12;8-6-5(9-13)7(12)11-4-2-1-3-10(6)11;8-6-5-7(11)10-4-2-1-3-9(6)10;1-4-9-6(3)7(8)10-5-2;5-3-1-2-4-6;1-2-4-6-5-3-1;;;;;/h7-10H2,1-6H3;1-6H3,(H,11,13)(H,12,14);2-5,9H2,1H3;1-4,8H2;5H,1-4,8H2;3-5H2,1-2H3;1-4H2;5-6H,1-4H2;2*1H4;;2*1H/i;;;;;;;;;;;;1+1. The van der Waals surface area contributed by atoms with E-state index in [2.05, 4.69) is 70.1 Å². The van der Waals surface area contributed by atoms with E-state index in [1.165, 1.54) is 46.4 Å². The molecule has 0 aromatic carbocycles. The van der Waals surface area contributed by atoms with Gasteiger partial charge in [0.2, 0.25) is 5.69 Å². The lowest BCUT2D eigenvalue weighted by atomic mass is 10.2. The lowest BCUT2D eigenvalue weighted by Gasteiger charge is -2.39. The van der Waals surface area contributed by atoms with Crippen molar-refractivity contribution < 1.29 is 53.8 Å². The molecule has 8 rings (SSSR count). The number of aromatic nitrogens is 6. The van der Waals surface area contributed by atoms with Gasteiger partial charge in [0.25, 0.3) is 16.7 Å². The second-order valence-electron chi connectivity index (χ2n) is 25.6. The lowest BCUT2D eigenvalue weighted by Crippen LogP contribution is -2.55. The number of hydrogen-bond acceptors (Lipinski definition) is 21. The molecule has 10 N–H and O–H groups in total. The molecule has 3 aromatic rings. The summed E-state index contributed by atoms with van der Waals surface area (Å²) < 4.78 is 40.1. The number of nitroso groups, excluding NO2 is 1. The van der Waals surface area contributed by atoms with Gasteiger partial charge in [0, 0.05) is 92.0 Å². The number of amides is 4. The van der Waals surface area contributed by atoms with E-state index in [-0.39, 0.29) is 71.0 Å². The van der Waals surface area contributed by atoms with E-state index in [0.717, 1.165) is 101 Å². The number of hydrogen-bond donors (Lipinski definition) is 7. The third-order valence-electron chi connectivity index (χ3n) is 12.8. The van der Waals surface area contributed by atoms with Crippen LogP contribution in [0.25, 0.3) is 0 Å². The highest BCUT2D eigenvalue weighted by molar-refractivity contribution is 9.09. The number of nitrogens with two attached hydrogens (primary N) is 3. The molecule has 0 spiro atoms. The van der Waals surface area contributed by atoms with Crippen molar-refractivity contribution >= 4 is 106 Å². The maximum absolute atomic E-state index is 12.1.